The molecule has 0 spiro atoms. The summed E-state index contributed by atoms with van der Waals surface area (Å²) in [6.45, 7) is 6.67. The normalized spacial score (nSPS) is 12.1. The standard InChI is InChI=1S/C27H38ClN3O5S/c1-6-7-16-29-27(33)21(3)30(19-22-12-10-20(2)11-13-22)26(32)9-8-17-31(37(5,34)35)23-14-15-25(36-4)24(28)18-23/h10-15,18,21H,6-9,16-17,19H2,1-5H3,(H,29,33)/t21-/m0/s1. The molecular formula is C27H38ClN3O5S. The lowest BCUT2D eigenvalue weighted by atomic mass is 10.1. The lowest BCUT2D eigenvalue weighted by molar-refractivity contribution is -0.140. The molecule has 2 amide bonds. The summed E-state index contributed by atoms with van der Waals surface area (Å²) in [5, 5.41) is 3.19. The quantitative estimate of drug-likeness (QED) is 0.348. The van der Waals surface area contributed by atoms with Gasteiger partial charge in [0.15, 0.2) is 0 Å². The van der Waals surface area contributed by atoms with Crippen molar-refractivity contribution in [3.63, 3.8) is 0 Å². The molecule has 0 saturated heterocycles. The van der Waals surface area contributed by atoms with Gasteiger partial charge in [0.25, 0.3) is 0 Å². The van der Waals surface area contributed by atoms with E-state index in [0.717, 1.165) is 30.2 Å². The molecule has 0 aliphatic carbocycles. The van der Waals surface area contributed by atoms with Gasteiger partial charge < -0.3 is 15.0 Å². The highest BCUT2D eigenvalue weighted by atomic mass is 35.5. The van der Waals surface area contributed by atoms with Crippen LogP contribution in [0.4, 0.5) is 5.69 Å². The molecule has 0 fully saturated rings. The number of nitrogens with zero attached hydrogens (tertiary/aromatic N) is 2. The van der Waals surface area contributed by atoms with Crippen molar-refractivity contribution in [2.45, 2.75) is 59.0 Å². The van der Waals surface area contributed by atoms with Crippen LogP contribution in [0.3, 0.4) is 0 Å². The lowest BCUT2D eigenvalue weighted by Crippen LogP contribution is -2.48. The molecule has 2 aromatic rings. The Morgan fingerprint density at radius 3 is 2.35 bits per heavy atom. The molecular weight excluding hydrogens is 514 g/mol. The number of halogens is 1. The van der Waals surface area contributed by atoms with Crippen molar-refractivity contribution in [2.75, 3.05) is 30.8 Å². The molecule has 1 N–H and O–H groups in total. The number of rotatable bonds is 14. The predicted octanol–water partition coefficient (Wildman–Crippen LogP) is 4.54. The summed E-state index contributed by atoms with van der Waals surface area (Å²) >= 11 is 6.20. The number of hydrogen-bond acceptors (Lipinski definition) is 5. The van der Waals surface area contributed by atoms with Gasteiger partial charge in [-0.05, 0) is 50.5 Å². The zero-order valence-electron chi connectivity index (χ0n) is 22.3. The lowest BCUT2D eigenvalue weighted by Gasteiger charge is -2.29. The first-order valence-corrected chi connectivity index (χ1v) is 14.6. The number of methoxy groups -OCH3 is 1. The summed E-state index contributed by atoms with van der Waals surface area (Å²) < 4.78 is 31.4. The summed E-state index contributed by atoms with van der Waals surface area (Å²) in [6, 6.07) is 11.9. The zero-order chi connectivity index (χ0) is 27.6. The predicted molar refractivity (Wildman–Crippen MR) is 149 cm³/mol. The Bertz CT molecular complexity index is 1160. The van der Waals surface area contributed by atoms with E-state index < -0.39 is 16.1 Å². The van der Waals surface area contributed by atoms with Gasteiger partial charge in [0.1, 0.15) is 11.8 Å². The number of carbonyl (C=O) groups is 2. The van der Waals surface area contributed by atoms with Crippen molar-refractivity contribution >= 4 is 39.1 Å². The van der Waals surface area contributed by atoms with Crippen LogP contribution < -0.4 is 14.4 Å². The van der Waals surface area contributed by atoms with Crippen LogP contribution >= 0.6 is 11.6 Å². The highest BCUT2D eigenvalue weighted by Crippen LogP contribution is 2.30. The third kappa shape index (κ3) is 9.23. The number of carbonyl (C=O) groups excluding carboxylic acids is 2. The maximum Gasteiger partial charge on any atom is 0.242 e. The number of benzene rings is 2. The Morgan fingerprint density at radius 2 is 1.78 bits per heavy atom. The molecule has 8 nitrogen and oxygen atoms in total. The molecule has 0 radical (unpaired) electrons. The largest absolute Gasteiger partial charge is 0.495 e. The molecule has 37 heavy (non-hydrogen) atoms. The third-order valence-electron chi connectivity index (χ3n) is 6.05. The summed E-state index contributed by atoms with van der Waals surface area (Å²) in [6.07, 6.45) is 3.27. The molecule has 0 aliphatic rings. The third-order valence-corrected chi connectivity index (χ3v) is 7.54. The fourth-order valence-corrected chi connectivity index (χ4v) is 5.03. The van der Waals surface area contributed by atoms with Crippen molar-refractivity contribution in [3.05, 3.63) is 58.6 Å². The van der Waals surface area contributed by atoms with Crippen LogP contribution in [0.5, 0.6) is 5.75 Å². The van der Waals surface area contributed by atoms with Crippen molar-refractivity contribution in [2.24, 2.45) is 0 Å². The van der Waals surface area contributed by atoms with Gasteiger partial charge in [-0.25, -0.2) is 8.42 Å². The minimum atomic E-state index is -3.62. The molecule has 2 rings (SSSR count). The number of aryl methyl sites for hydroxylation is 1. The Balaban J connectivity index is 2.16. The average Bonchev–Trinajstić information content (AvgIpc) is 2.85. The van der Waals surface area contributed by atoms with Crippen LogP contribution in [0.1, 0.15) is 50.7 Å². The Morgan fingerprint density at radius 1 is 1.11 bits per heavy atom. The van der Waals surface area contributed by atoms with Gasteiger partial charge >= 0.3 is 0 Å². The summed E-state index contributed by atoms with van der Waals surface area (Å²) in [4.78, 5) is 27.7. The minimum absolute atomic E-state index is 0.0777. The van der Waals surface area contributed by atoms with Crippen LogP contribution in [0.2, 0.25) is 5.02 Å². The number of sulfonamides is 1. The van der Waals surface area contributed by atoms with Gasteiger partial charge in [0.05, 0.1) is 24.1 Å². The van der Waals surface area contributed by atoms with Crippen LogP contribution in [0.15, 0.2) is 42.5 Å². The second-order valence-electron chi connectivity index (χ2n) is 9.09. The van der Waals surface area contributed by atoms with Gasteiger partial charge in [0, 0.05) is 26.1 Å². The fourth-order valence-electron chi connectivity index (χ4n) is 3.82. The van der Waals surface area contributed by atoms with E-state index in [1.165, 1.54) is 17.5 Å². The second-order valence-corrected chi connectivity index (χ2v) is 11.4. The number of nitrogens with one attached hydrogen (secondary N) is 1. The van der Waals surface area contributed by atoms with Gasteiger partial charge in [-0.3, -0.25) is 13.9 Å². The van der Waals surface area contributed by atoms with Crippen molar-refractivity contribution < 1.29 is 22.7 Å². The van der Waals surface area contributed by atoms with Crippen LogP contribution in [-0.4, -0.2) is 57.6 Å². The van der Waals surface area contributed by atoms with E-state index in [2.05, 4.69) is 5.32 Å². The smallest absolute Gasteiger partial charge is 0.242 e. The number of amides is 2. The molecule has 0 heterocycles. The summed E-state index contributed by atoms with van der Waals surface area (Å²) in [5.41, 5.74) is 2.41. The molecule has 10 heteroatoms. The fraction of sp³-hybridized carbons (Fsp3) is 0.481. The number of hydrogen-bond donors (Lipinski definition) is 1. The highest BCUT2D eigenvalue weighted by Gasteiger charge is 2.26. The van der Waals surface area contributed by atoms with E-state index in [-0.39, 0.29) is 42.8 Å². The zero-order valence-corrected chi connectivity index (χ0v) is 23.9. The van der Waals surface area contributed by atoms with Gasteiger partial charge in [-0.15, -0.1) is 0 Å². The monoisotopic (exact) mass is 551 g/mol. The highest BCUT2D eigenvalue weighted by molar-refractivity contribution is 7.92. The van der Waals surface area contributed by atoms with Crippen molar-refractivity contribution in [1.82, 2.24) is 10.2 Å². The number of ether oxygens (including phenoxy) is 1. The molecule has 204 valence electrons. The van der Waals surface area contributed by atoms with E-state index in [4.69, 9.17) is 16.3 Å². The topological polar surface area (TPSA) is 96.0 Å². The Kier molecular flexibility index (Phi) is 11.7. The van der Waals surface area contributed by atoms with Crippen molar-refractivity contribution in [1.29, 1.82) is 0 Å². The molecule has 0 saturated carbocycles. The van der Waals surface area contributed by atoms with E-state index in [9.17, 15) is 18.0 Å². The van der Waals surface area contributed by atoms with Gasteiger partial charge in [-0.1, -0.05) is 54.8 Å². The van der Waals surface area contributed by atoms with E-state index in [1.807, 2.05) is 38.1 Å². The van der Waals surface area contributed by atoms with Crippen LogP contribution in [-0.2, 0) is 26.2 Å². The van der Waals surface area contributed by atoms with Gasteiger partial charge in [0.2, 0.25) is 21.8 Å². The number of unbranched alkanes of at least 4 members (excludes halogenated alkanes) is 1. The summed E-state index contributed by atoms with van der Waals surface area (Å²) in [7, 11) is -2.14. The first kappa shape index (κ1) is 30.4. The van der Waals surface area contributed by atoms with E-state index in [0.29, 0.717) is 18.0 Å². The van der Waals surface area contributed by atoms with Crippen molar-refractivity contribution in [3.8, 4) is 5.75 Å². The summed E-state index contributed by atoms with van der Waals surface area (Å²) in [5.74, 6) is 0.00599. The Labute approximate surface area is 226 Å². The molecule has 1 atom stereocenters. The van der Waals surface area contributed by atoms with Gasteiger partial charge in [-0.2, -0.15) is 0 Å². The molecule has 2 aromatic carbocycles. The SMILES string of the molecule is CCCCNC(=O)[C@H](C)N(Cc1ccc(C)cc1)C(=O)CCCN(c1ccc(OC)c(Cl)c1)S(C)(=O)=O. The molecule has 0 aliphatic heterocycles. The maximum absolute atomic E-state index is 13.3. The first-order chi connectivity index (χ1) is 17.5. The van der Waals surface area contributed by atoms with E-state index >= 15 is 0 Å². The minimum Gasteiger partial charge on any atom is -0.495 e. The molecule has 0 aromatic heterocycles. The maximum atomic E-state index is 13.3. The number of anilines is 1. The van der Waals surface area contributed by atoms with Crippen LogP contribution in [0, 0.1) is 6.92 Å². The average molecular weight is 552 g/mol. The second kappa shape index (κ2) is 14.2. The Hall–Kier alpha value is -2.78. The van der Waals surface area contributed by atoms with Crippen LogP contribution in [0.25, 0.3) is 0 Å². The molecule has 0 bridgehead atoms. The molecule has 0 unspecified atom stereocenters. The first-order valence-electron chi connectivity index (χ1n) is 12.4. The van der Waals surface area contributed by atoms with E-state index in [1.54, 1.807) is 24.0 Å².